The van der Waals surface area contributed by atoms with Gasteiger partial charge in [-0.2, -0.15) is 0 Å². The summed E-state index contributed by atoms with van der Waals surface area (Å²) in [4.78, 5) is 54.7. The molecule has 2 aliphatic carbocycles. The molecule has 2 saturated carbocycles. The molecular formula is C41H50N6O7S. The third-order valence-corrected chi connectivity index (χ3v) is 14.6. The molecule has 3 fully saturated rings. The molecule has 3 aromatic rings. The van der Waals surface area contributed by atoms with Crippen molar-refractivity contribution in [2.75, 3.05) is 19.0 Å². The Morgan fingerprint density at radius 3 is 2.64 bits per heavy atom. The van der Waals surface area contributed by atoms with Gasteiger partial charge in [0.2, 0.25) is 21.8 Å². The molecule has 292 valence electrons. The predicted molar refractivity (Wildman–Crippen MR) is 207 cm³/mol. The van der Waals surface area contributed by atoms with Crippen LogP contribution in [0, 0.1) is 19.8 Å². The third-order valence-electron chi connectivity index (χ3n) is 12.4. The number of benzene rings is 1. The van der Waals surface area contributed by atoms with Crippen LogP contribution in [0.2, 0.25) is 0 Å². The first-order chi connectivity index (χ1) is 26.3. The standard InChI is InChI=1S/C41H50N6O7S/c1-25-11-10-14-34(42-25)44-32-13-9-7-5-6-8-12-27-22-41(27,38(50)46-55(51,52)39(3)19-20-39)45-36(48)33-23-40(24-47(33)37(32)49)18-17-29-30-21-28(53-4)15-16-31(30)43-26(2)35(29)54-40/h8,10-12,14-16,21,27,32-33H,5-7,9,13,17-20,22-24H2,1-4H3,(H,42,44)(H,45,48)(H,46,50)/b12-8-/t27-,32+,33+,40-,41-/m1/s1. The minimum absolute atomic E-state index is 0.146. The third kappa shape index (κ3) is 6.91. The van der Waals surface area contributed by atoms with Gasteiger partial charge in [0.05, 0.1) is 29.6 Å². The fraction of sp³-hybridized carbons (Fsp3) is 0.537. The number of hydrogen-bond acceptors (Lipinski definition) is 10. The summed E-state index contributed by atoms with van der Waals surface area (Å²) in [6.45, 7) is 5.56. The highest BCUT2D eigenvalue weighted by atomic mass is 32.2. The number of aromatic nitrogens is 2. The molecule has 0 bridgehead atoms. The largest absolute Gasteiger partial charge is 0.497 e. The molecule has 14 heteroatoms. The lowest BCUT2D eigenvalue weighted by atomic mass is 9.87. The van der Waals surface area contributed by atoms with Crippen molar-refractivity contribution in [2.45, 2.75) is 119 Å². The molecule has 1 saturated heterocycles. The molecule has 13 nitrogen and oxygen atoms in total. The number of sulfonamides is 1. The van der Waals surface area contributed by atoms with Crippen molar-refractivity contribution in [2.24, 2.45) is 5.92 Å². The monoisotopic (exact) mass is 770 g/mol. The van der Waals surface area contributed by atoms with Gasteiger partial charge in [0.25, 0.3) is 5.91 Å². The summed E-state index contributed by atoms with van der Waals surface area (Å²) < 4.78 is 40.2. The Hall–Kier alpha value is -4.72. The van der Waals surface area contributed by atoms with E-state index in [0.29, 0.717) is 55.1 Å². The van der Waals surface area contributed by atoms with E-state index >= 15 is 0 Å². The number of allylic oxidation sites excluding steroid dienone is 1. The van der Waals surface area contributed by atoms with Crippen molar-refractivity contribution in [3.8, 4) is 11.5 Å². The maximum Gasteiger partial charge on any atom is 0.259 e. The van der Waals surface area contributed by atoms with Crippen LogP contribution in [0.5, 0.6) is 11.5 Å². The highest BCUT2D eigenvalue weighted by molar-refractivity contribution is 7.91. The Morgan fingerprint density at radius 1 is 1.05 bits per heavy atom. The molecule has 5 aliphatic rings. The van der Waals surface area contributed by atoms with E-state index in [0.717, 1.165) is 47.8 Å². The number of carbonyl (C=O) groups is 3. The normalized spacial score (nSPS) is 29.4. The van der Waals surface area contributed by atoms with Crippen molar-refractivity contribution in [1.82, 2.24) is 24.9 Å². The van der Waals surface area contributed by atoms with E-state index < -0.39 is 49.8 Å². The van der Waals surface area contributed by atoms with E-state index in [4.69, 9.17) is 14.5 Å². The molecule has 55 heavy (non-hydrogen) atoms. The average Bonchev–Trinajstić information content (AvgIpc) is 4.05. The van der Waals surface area contributed by atoms with Crippen LogP contribution in [0.15, 0.2) is 48.6 Å². The molecular weight excluding hydrogens is 721 g/mol. The van der Waals surface area contributed by atoms with Crippen molar-refractivity contribution in [1.29, 1.82) is 0 Å². The van der Waals surface area contributed by atoms with Gasteiger partial charge in [0.15, 0.2) is 0 Å². The van der Waals surface area contributed by atoms with E-state index in [1.807, 2.05) is 62.4 Å². The smallest absolute Gasteiger partial charge is 0.259 e. The lowest BCUT2D eigenvalue weighted by Crippen LogP contribution is -2.58. The highest BCUT2D eigenvalue weighted by Gasteiger charge is 2.64. The van der Waals surface area contributed by atoms with Crippen LogP contribution in [0.4, 0.5) is 5.82 Å². The zero-order valence-corrected chi connectivity index (χ0v) is 32.8. The van der Waals surface area contributed by atoms with Crippen LogP contribution in [-0.2, 0) is 30.8 Å². The second kappa shape index (κ2) is 13.8. The maximum absolute atomic E-state index is 14.9. The minimum atomic E-state index is -3.96. The van der Waals surface area contributed by atoms with Gasteiger partial charge < -0.3 is 25.0 Å². The lowest BCUT2D eigenvalue weighted by molar-refractivity contribution is -0.140. The van der Waals surface area contributed by atoms with Crippen LogP contribution in [0.1, 0.15) is 88.1 Å². The first-order valence-electron chi connectivity index (χ1n) is 19.5. The Labute approximate surface area is 322 Å². The summed E-state index contributed by atoms with van der Waals surface area (Å²) in [7, 11) is -2.33. The van der Waals surface area contributed by atoms with Crippen molar-refractivity contribution in [3.05, 3.63) is 65.5 Å². The quantitative estimate of drug-likeness (QED) is 0.297. The van der Waals surface area contributed by atoms with Gasteiger partial charge >= 0.3 is 0 Å². The zero-order chi connectivity index (χ0) is 38.8. The highest BCUT2D eigenvalue weighted by Crippen LogP contribution is 2.49. The molecule has 1 aromatic carbocycles. The molecule has 5 atom stereocenters. The van der Waals surface area contributed by atoms with Crippen LogP contribution < -0.4 is 24.8 Å². The number of amides is 3. The summed E-state index contributed by atoms with van der Waals surface area (Å²) in [5.74, 6) is 0.0298. The second-order valence-corrected chi connectivity index (χ2v) is 18.6. The maximum atomic E-state index is 14.9. The number of nitrogens with zero attached hydrogens (tertiary/aromatic N) is 3. The number of fused-ring (bicyclic) bond motifs is 5. The number of methoxy groups -OCH3 is 1. The number of aryl methyl sites for hydroxylation is 3. The Bertz CT molecular complexity index is 2210. The average molecular weight is 771 g/mol. The summed E-state index contributed by atoms with van der Waals surface area (Å²) in [6, 6.07) is 9.72. The van der Waals surface area contributed by atoms with Gasteiger partial charge in [0, 0.05) is 29.0 Å². The van der Waals surface area contributed by atoms with Crippen molar-refractivity contribution in [3.63, 3.8) is 0 Å². The van der Waals surface area contributed by atoms with Gasteiger partial charge in [-0.15, -0.1) is 0 Å². The minimum Gasteiger partial charge on any atom is -0.497 e. The molecule has 8 rings (SSSR count). The van der Waals surface area contributed by atoms with Gasteiger partial charge in [0.1, 0.15) is 40.5 Å². The molecule has 0 radical (unpaired) electrons. The molecule has 5 heterocycles. The number of rotatable bonds is 6. The fourth-order valence-electron chi connectivity index (χ4n) is 8.60. The lowest BCUT2D eigenvalue weighted by Gasteiger charge is -2.36. The zero-order valence-electron chi connectivity index (χ0n) is 31.9. The molecule has 3 N–H and O–H groups in total. The Kier molecular flexibility index (Phi) is 9.33. The van der Waals surface area contributed by atoms with Crippen molar-refractivity contribution >= 4 is 44.5 Å². The van der Waals surface area contributed by atoms with Gasteiger partial charge in [-0.25, -0.2) is 18.4 Å². The number of hydrogen-bond donors (Lipinski definition) is 3. The topological polar surface area (TPSA) is 169 Å². The van der Waals surface area contributed by atoms with Crippen molar-refractivity contribution < 1.29 is 32.3 Å². The number of pyridine rings is 2. The van der Waals surface area contributed by atoms with Crippen LogP contribution in [-0.4, -0.2) is 82.6 Å². The first kappa shape index (κ1) is 37.2. The number of nitrogens with one attached hydrogen (secondary N) is 3. The molecule has 0 unspecified atom stereocenters. The summed E-state index contributed by atoms with van der Waals surface area (Å²) >= 11 is 0. The van der Waals surface area contributed by atoms with Gasteiger partial charge in [-0.05, 0) is 102 Å². The predicted octanol–water partition coefficient (Wildman–Crippen LogP) is 4.79. The number of carbonyl (C=O) groups excluding carboxylic acids is 3. The summed E-state index contributed by atoms with van der Waals surface area (Å²) in [5.41, 5.74) is 0.985. The SMILES string of the molecule is COc1ccc2nc(C)c3c(c2c1)CC[C@]1(C[C@H]2C(=O)N[C@]4(C(=O)NS(=O)(=O)C5(C)CC5)C[C@H]4/C=C\CCCCC[C@H](Nc4cccc(C)n4)C(=O)N2C1)O3. The van der Waals surface area contributed by atoms with E-state index in [2.05, 4.69) is 20.3 Å². The molecule has 1 spiro atoms. The van der Waals surface area contributed by atoms with E-state index in [9.17, 15) is 22.8 Å². The van der Waals surface area contributed by atoms with Crippen LogP contribution in [0.3, 0.4) is 0 Å². The number of anilines is 1. The van der Waals surface area contributed by atoms with Gasteiger partial charge in [-0.1, -0.05) is 31.1 Å². The Morgan fingerprint density at radius 2 is 1.87 bits per heavy atom. The Balaban J connectivity index is 1.15. The summed E-state index contributed by atoms with van der Waals surface area (Å²) in [6.07, 6.45) is 10.3. The van der Waals surface area contributed by atoms with E-state index in [-0.39, 0.29) is 31.2 Å². The van der Waals surface area contributed by atoms with Gasteiger partial charge in [-0.3, -0.25) is 19.1 Å². The fourth-order valence-corrected chi connectivity index (χ4v) is 9.91. The van der Waals surface area contributed by atoms with E-state index in [1.54, 1.807) is 18.9 Å². The molecule has 3 aliphatic heterocycles. The molecule has 3 amide bonds. The van der Waals surface area contributed by atoms with Crippen LogP contribution >= 0.6 is 0 Å². The first-order valence-corrected chi connectivity index (χ1v) is 21.0. The molecule has 2 aromatic heterocycles. The number of ether oxygens (including phenoxy) is 2. The van der Waals surface area contributed by atoms with Crippen LogP contribution in [0.25, 0.3) is 10.9 Å². The summed E-state index contributed by atoms with van der Waals surface area (Å²) in [5, 5.41) is 7.33. The van der Waals surface area contributed by atoms with E-state index in [1.165, 1.54) is 0 Å². The second-order valence-electron chi connectivity index (χ2n) is 16.4.